The highest BCUT2D eigenvalue weighted by Crippen LogP contribution is 2.30. The minimum Gasteiger partial charge on any atom is -0.354 e. The fourth-order valence-electron chi connectivity index (χ4n) is 3.44. The lowest BCUT2D eigenvalue weighted by atomic mass is 9.97. The first-order chi connectivity index (χ1) is 13.6. The molecule has 1 aromatic carbocycles. The van der Waals surface area contributed by atoms with E-state index in [1.54, 1.807) is 36.2 Å². The van der Waals surface area contributed by atoms with Gasteiger partial charge in [-0.25, -0.2) is 9.18 Å². The summed E-state index contributed by atoms with van der Waals surface area (Å²) >= 11 is 0. The Balaban J connectivity index is 1.36. The van der Waals surface area contributed by atoms with E-state index in [1.165, 1.54) is 6.07 Å². The number of nitrogens with zero attached hydrogens (tertiary/aromatic N) is 5. The lowest BCUT2D eigenvalue weighted by molar-refractivity contribution is 0.175. The third kappa shape index (κ3) is 3.73. The van der Waals surface area contributed by atoms with Crippen LogP contribution in [0.5, 0.6) is 0 Å². The van der Waals surface area contributed by atoms with Crippen LogP contribution in [0.3, 0.4) is 0 Å². The van der Waals surface area contributed by atoms with Gasteiger partial charge in [0.2, 0.25) is 0 Å². The molecule has 3 aromatic rings. The first-order valence-corrected chi connectivity index (χ1v) is 9.23. The number of nitrogens with one attached hydrogen (secondary N) is 1. The summed E-state index contributed by atoms with van der Waals surface area (Å²) in [7, 11) is 0. The lowest BCUT2D eigenvalue weighted by Gasteiger charge is -2.31. The summed E-state index contributed by atoms with van der Waals surface area (Å²) in [5, 5.41) is 14.5. The molecule has 3 heterocycles. The standard InChI is InChI=1S/C19H21FN6O2/c1-13-17(15-4-2-3-5-16(15)20)28-23-18(13)22-19(27)25-9-6-14(7-10-25)12-26-11-8-21-24-26/h2-5,8,11,14H,6-7,9-10,12H2,1H3,(H,22,23,27). The SMILES string of the molecule is Cc1c(NC(=O)N2CCC(Cn3ccnn3)CC2)noc1-c1ccccc1F. The Morgan fingerprint density at radius 1 is 1.32 bits per heavy atom. The van der Waals surface area contributed by atoms with E-state index in [4.69, 9.17) is 4.52 Å². The molecule has 0 aliphatic carbocycles. The van der Waals surface area contributed by atoms with Crippen LogP contribution in [0, 0.1) is 18.7 Å². The zero-order chi connectivity index (χ0) is 19.5. The van der Waals surface area contributed by atoms with Gasteiger partial charge in [-0.2, -0.15) is 0 Å². The molecule has 28 heavy (non-hydrogen) atoms. The van der Waals surface area contributed by atoms with Crippen molar-refractivity contribution < 1.29 is 13.7 Å². The molecule has 0 saturated carbocycles. The van der Waals surface area contributed by atoms with Crippen LogP contribution in [-0.4, -0.2) is 44.2 Å². The number of piperidine rings is 1. The van der Waals surface area contributed by atoms with Crippen molar-refractivity contribution in [3.05, 3.63) is 48.0 Å². The van der Waals surface area contributed by atoms with Crippen molar-refractivity contribution >= 4 is 11.8 Å². The summed E-state index contributed by atoms with van der Waals surface area (Å²) in [5.41, 5.74) is 0.918. The number of hydrogen-bond donors (Lipinski definition) is 1. The zero-order valence-electron chi connectivity index (χ0n) is 15.5. The molecule has 1 aliphatic heterocycles. The highest BCUT2D eigenvalue weighted by molar-refractivity contribution is 5.90. The van der Waals surface area contributed by atoms with Gasteiger partial charge in [-0.1, -0.05) is 22.5 Å². The summed E-state index contributed by atoms with van der Waals surface area (Å²) in [6, 6.07) is 6.09. The van der Waals surface area contributed by atoms with E-state index < -0.39 is 5.82 Å². The van der Waals surface area contributed by atoms with Gasteiger partial charge in [0.05, 0.1) is 11.8 Å². The first-order valence-electron chi connectivity index (χ1n) is 9.23. The van der Waals surface area contributed by atoms with E-state index in [-0.39, 0.29) is 6.03 Å². The molecule has 1 aliphatic rings. The summed E-state index contributed by atoms with van der Waals surface area (Å²) < 4.78 is 21.1. The Morgan fingerprint density at radius 3 is 2.82 bits per heavy atom. The number of carbonyl (C=O) groups excluding carboxylic acids is 1. The smallest absolute Gasteiger partial charge is 0.323 e. The summed E-state index contributed by atoms with van der Waals surface area (Å²) in [4.78, 5) is 14.3. The van der Waals surface area contributed by atoms with Crippen molar-refractivity contribution in [2.75, 3.05) is 18.4 Å². The van der Waals surface area contributed by atoms with Gasteiger partial charge in [-0.05, 0) is 37.8 Å². The predicted molar refractivity (Wildman–Crippen MR) is 100.0 cm³/mol. The molecule has 2 aromatic heterocycles. The predicted octanol–water partition coefficient (Wildman–Crippen LogP) is 3.32. The lowest BCUT2D eigenvalue weighted by Crippen LogP contribution is -2.41. The van der Waals surface area contributed by atoms with Crippen molar-refractivity contribution in [2.45, 2.75) is 26.3 Å². The minimum absolute atomic E-state index is 0.226. The highest BCUT2D eigenvalue weighted by Gasteiger charge is 2.25. The third-order valence-corrected chi connectivity index (χ3v) is 5.09. The van der Waals surface area contributed by atoms with Crippen LogP contribution >= 0.6 is 0 Å². The maximum absolute atomic E-state index is 14.0. The molecule has 0 spiro atoms. The number of likely N-dealkylation sites (tertiary alicyclic amines) is 1. The van der Waals surface area contributed by atoms with Crippen LogP contribution < -0.4 is 5.32 Å². The average molecular weight is 384 g/mol. The highest BCUT2D eigenvalue weighted by atomic mass is 19.1. The molecule has 0 atom stereocenters. The summed E-state index contributed by atoms with van der Waals surface area (Å²) in [6.45, 7) is 3.87. The van der Waals surface area contributed by atoms with Gasteiger partial charge in [0.1, 0.15) is 5.82 Å². The molecule has 1 N–H and O–H groups in total. The number of aromatic nitrogens is 4. The molecule has 8 nitrogen and oxygen atoms in total. The topological polar surface area (TPSA) is 89.1 Å². The van der Waals surface area contributed by atoms with E-state index in [9.17, 15) is 9.18 Å². The van der Waals surface area contributed by atoms with Crippen LogP contribution in [0.25, 0.3) is 11.3 Å². The number of amides is 2. The number of rotatable bonds is 4. The fourth-order valence-corrected chi connectivity index (χ4v) is 3.44. The Labute approximate surface area is 161 Å². The minimum atomic E-state index is -0.394. The summed E-state index contributed by atoms with van der Waals surface area (Å²) in [6.07, 6.45) is 5.30. The molecule has 146 valence electrons. The number of carbonyl (C=O) groups is 1. The second kappa shape index (κ2) is 7.79. The van der Waals surface area contributed by atoms with Crippen LogP contribution in [0.4, 0.5) is 15.0 Å². The van der Waals surface area contributed by atoms with Gasteiger partial charge >= 0.3 is 6.03 Å². The molecule has 0 radical (unpaired) electrons. The van der Waals surface area contributed by atoms with E-state index in [0.717, 1.165) is 19.4 Å². The summed E-state index contributed by atoms with van der Waals surface area (Å²) in [5.74, 6) is 0.703. The molecule has 4 rings (SSSR count). The zero-order valence-corrected chi connectivity index (χ0v) is 15.5. The second-order valence-electron chi connectivity index (χ2n) is 6.95. The Kier molecular flexibility index (Phi) is 5.05. The van der Waals surface area contributed by atoms with Crippen molar-refractivity contribution in [3.8, 4) is 11.3 Å². The van der Waals surface area contributed by atoms with Gasteiger partial charge < -0.3 is 9.42 Å². The monoisotopic (exact) mass is 384 g/mol. The van der Waals surface area contributed by atoms with Gasteiger partial charge in [0.25, 0.3) is 0 Å². The largest absolute Gasteiger partial charge is 0.354 e. The maximum Gasteiger partial charge on any atom is 0.323 e. The second-order valence-corrected chi connectivity index (χ2v) is 6.95. The molecule has 9 heteroatoms. The average Bonchev–Trinajstić information content (AvgIpc) is 3.33. The van der Waals surface area contributed by atoms with E-state index in [0.29, 0.717) is 41.7 Å². The third-order valence-electron chi connectivity index (χ3n) is 5.09. The molecular weight excluding hydrogens is 363 g/mol. The number of urea groups is 1. The molecular formula is C19H21FN6O2. The van der Waals surface area contributed by atoms with Crippen molar-refractivity contribution in [1.29, 1.82) is 0 Å². The Morgan fingerprint density at radius 2 is 2.11 bits per heavy atom. The van der Waals surface area contributed by atoms with Crippen molar-refractivity contribution in [2.24, 2.45) is 5.92 Å². The van der Waals surface area contributed by atoms with E-state index >= 15 is 0 Å². The molecule has 1 saturated heterocycles. The quantitative estimate of drug-likeness (QED) is 0.745. The number of halogens is 1. The number of benzene rings is 1. The number of hydrogen-bond acceptors (Lipinski definition) is 5. The van der Waals surface area contributed by atoms with Crippen LogP contribution in [-0.2, 0) is 6.54 Å². The van der Waals surface area contributed by atoms with Crippen molar-refractivity contribution in [3.63, 3.8) is 0 Å². The Bertz CT molecular complexity index is 947. The van der Waals surface area contributed by atoms with Gasteiger partial charge in [0.15, 0.2) is 11.6 Å². The van der Waals surface area contributed by atoms with Crippen LogP contribution in [0.15, 0.2) is 41.2 Å². The first kappa shape index (κ1) is 18.1. The van der Waals surface area contributed by atoms with Crippen LogP contribution in [0.1, 0.15) is 18.4 Å². The fraction of sp³-hybridized carbons (Fsp3) is 0.368. The normalized spacial score (nSPS) is 15.0. The van der Waals surface area contributed by atoms with Crippen LogP contribution in [0.2, 0.25) is 0 Å². The van der Waals surface area contributed by atoms with Gasteiger partial charge in [-0.3, -0.25) is 10.00 Å². The number of anilines is 1. The Hall–Kier alpha value is -3.23. The molecule has 1 fully saturated rings. The maximum atomic E-state index is 14.0. The van der Waals surface area contributed by atoms with E-state index in [2.05, 4.69) is 20.8 Å². The van der Waals surface area contributed by atoms with Gasteiger partial charge in [-0.15, -0.1) is 5.10 Å². The van der Waals surface area contributed by atoms with Crippen molar-refractivity contribution in [1.82, 2.24) is 25.1 Å². The molecule has 0 bridgehead atoms. The van der Waals surface area contributed by atoms with E-state index in [1.807, 2.05) is 10.9 Å². The molecule has 2 amide bonds. The van der Waals surface area contributed by atoms with Gasteiger partial charge in [0, 0.05) is 31.4 Å². The molecule has 0 unspecified atom stereocenters.